The fourth-order valence-electron chi connectivity index (χ4n) is 6.35. The van der Waals surface area contributed by atoms with Crippen molar-refractivity contribution in [2.45, 2.75) is 44.2 Å². The molecule has 1 saturated carbocycles. The molecule has 0 bridgehead atoms. The molecule has 5 rings (SSSR count). The van der Waals surface area contributed by atoms with Crippen LogP contribution in [0.25, 0.3) is 10.9 Å². The van der Waals surface area contributed by atoms with E-state index in [1.54, 1.807) is 18.1 Å². The molecule has 3 fully saturated rings. The number of ether oxygens (including phenoxy) is 2. The number of benzene rings is 1. The van der Waals surface area contributed by atoms with Crippen molar-refractivity contribution in [1.29, 1.82) is 0 Å². The van der Waals surface area contributed by atoms with Crippen LogP contribution in [0.15, 0.2) is 24.3 Å². The second-order valence-corrected chi connectivity index (χ2v) is 10.3. The van der Waals surface area contributed by atoms with Gasteiger partial charge in [0.2, 0.25) is 11.8 Å². The molecule has 2 aromatic rings. The lowest BCUT2D eigenvalue weighted by Crippen LogP contribution is -2.53. The average Bonchev–Trinajstić information content (AvgIpc) is 3.66. The van der Waals surface area contributed by atoms with Crippen LogP contribution in [-0.4, -0.2) is 79.4 Å². The van der Waals surface area contributed by atoms with E-state index >= 15 is 0 Å². The third-order valence-corrected chi connectivity index (χ3v) is 8.17. The Hall–Kier alpha value is -3.40. The smallest absolute Gasteiger partial charge is 0.271 e. The number of likely N-dealkylation sites (tertiary alicyclic amines) is 1. The van der Waals surface area contributed by atoms with Crippen molar-refractivity contribution in [1.82, 2.24) is 20.5 Å². The number of fused-ring (bicyclic) bond motifs is 2. The molecule has 0 unspecified atom stereocenters. The van der Waals surface area contributed by atoms with E-state index in [9.17, 15) is 19.2 Å². The first-order valence-corrected chi connectivity index (χ1v) is 13.0. The van der Waals surface area contributed by atoms with Gasteiger partial charge < -0.3 is 30.0 Å². The Morgan fingerprint density at radius 2 is 2.03 bits per heavy atom. The number of hydrogen-bond donors (Lipinski definition) is 3. The molecule has 3 heterocycles. The van der Waals surface area contributed by atoms with Crippen molar-refractivity contribution in [3.05, 3.63) is 30.0 Å². The first-order chi connectivity index (χ1) is 17.9. The summed E-state index contributed by atoms with van der Waals surface area (Å²) in [6.07, 6.45) is 3.67. The fourth-order valence-corrected chi connectivity index (χ4v) is 6.35. The van der Waals surface area contributed by atoms with Gasteiger partial charge in [-0.2, -0.15) is 0 Å². The Morgan fingerprint density at radius 3 is 2.76 bits per heavy atom. The van der Waals surface area contributed by atoms with Gasteiger partial charge in [-0.25, -0.2) is 0 Å². The van der Waals surface area contributed by atoms with Crippen LogP contribution in [0.1, 0.15) is 42.6 Å². The Kier molecular flexibility index (Phi) is 7.19. The standard InChI is InChI=1S/C27H34N4O6/c1-36-14-22(32)20(11-15-9-10-28-25(15)33)30-26(34)24-17-6-3-5-16(17)13-31(24)27(35)21-12-18-19(29-21)7-4-8-23(18)37-2/h4,7-8,12,15-17,20,24,29H,3,5-6,9-11,13-14H2,1-2H3,(H,28,33)(H,30,34)/t15-,16-,17-,20-,24-/m0/s1. The van der Waals surface area contributed by atoms with Crippen molar-refractivity contribution in [3.8, 4) is 5.75 Å². The summed E-state index contributed by atoms with van der Waals surface area (Å²) in [6, 6.07) is 5.80. The van der Waals surface area contributed by atoms with Gasteiger partial charge in [0.1, 0.15) is 24.1 Å². The Bertz CT molecular complexity index is 1210. The highest BCUT2D eigenvalue weighted by Gasteiger charge is 2.50. The molecule has 37 heavy (non-hydrogen) atoms. The lowest BCUT2D eigenvalue weighted by atomic mass is 9.92. The Balaban J connectivity index is 1.39. The number of carbonyl (C=O) groups excluding carboxylic acids is 4. The van der Waals surface area contributed by atoms with Crippen molar-refractivity contribution >= 4 is 34.4 Å². The molecule has 1 aliphatic carbocycles. The largest absolute Gasteiger partial charge is 0.496 e. The van der Waals surface area contributed by atoms with Crippen LogP contribution in [0.3, 0.4) is 0 Å². The maximum Gasteiger partial charge on any atom is 0.271 e. The Labute approximate surface area is 215 Å². The minimum atomic E-state index is -0.851. The first kappa shape index (κ1) is 25.3. The van der Waals surface area contributed by atoms with E-state index in [1.807, 2.05) is 18.2 Å². The molecule has 198 valence electrons. The number of methoxy groups -OCH3 is 2. The number of H-pyrrole nitrogens is 1. The predicted octanol–water partition coefficient (Wildman–Crippen LogP) is 1.64. The average molecular weight is 511 g/mol. The van der Waals surface area contributed by atoms with Crippen LogP contribution in [0.5, 0.6) is 5.75 Å². The number of aromatic amines is 1. The highest BCUT2D eigenvalue weighted by Crippen LogP contribution is 2.43. The minimum Gasteiger partial charge on any atom is -0.496 e. The maximum absolute atomic E-state index is 13.8. The van der Waals surface area contributed by atoms with Crippen LogP contribution in [0.2, 0.25) is 0 Å². The number of nitrogens with zero attached hydrogens (tertiary/aromatic N) is 1. The van der Waals surface area contributed by atoms with E-state index in [1.165, 1.54) is 7.11 Å². The molecular weight excluding hydrogens is 476 g/mol. The quantitative estimate of drug-likeness (QED) is 0.470. The molecule has 3 amide bonds. The summed E-state index contributed by atoms with van der Waals surface area (Å²) in [5.74, 6) is -0.372. The lowest BCUT2D eigenvalue weighted by molar-refractivity contribution is -0.133. The van der Waals surface area contributed by atoms with Gasteiger partial charge in [0.15, 0.2) is 5.78 Å². The fraction of sp³-hybridized carbons (Fsp3) is 0.556. The van der Waals surface area contributed by atoms with Crippen LogP contribution in [0, 0.1) is 17.8 Å². The van der Waals surface area contributed by atoms with Gasteiger partial charge in [0.05, 0.1) is 13.2 Å². The summed E-state index contributed by atoms with van der Waals surface area (Å²) in [4.78, 5) is 57.3. The molecule has 1 aromatic heterocycles. The first-order valence-electron chi connectivity index (χ1n) is 13.0. The van der Waals surface area contributed by atoms with Crippen molar-refractivity contribution in [2.75, 3.05) is 33.9 Å². The SMILES string of the molecule is COCC(=O)[C@H](C[C@@H]1CCNC1=O)NC(=O)[C@@H]1[C@H]2CCC[C@H]2CN1C(=O)c1cc2c(OC)cccc2[nH]1. The number of aromatic nitrogens is 1. The zero-order valence-electron chi connectivity index (χ0n) is 21.2. The molecular formula is C27H34N4O6. The molecule has 0 radical (unpaired) electrons. The molecule has 2 saturated heterocycles. The third kappa shape index (κ3) is 4.82. The van der Waals surface area contributed by atoms with Crippen LogP contribution < -0.4 is 15.4 Å². The summed E-state index contributed by atoms with van der Waals surface area (Å²) in [7, 11) is 3.01. The number of ketones is 1. The summed E-state index contributed by atoms with van der Waals surface area (Å²) in [5, 5.41) is 6.50. The molecule has 10 nitrogen and oxygen atoms in total. The number of hydrogen-bond acceptors (Lipinski definition) is 6. The zero-order chi connectivity index (χ0) is 26.1. The number of rotatable bonds is 9. The van der Waals surface area contributed by atoms with E-state index in [2.05, 4.69) is 15.6 Å². The summed E-state index contributed by atoms with van der Waals surface area (Å²) in [6.45, 7) is 0.901. The molecule has 2 aliphatic heterocycles. The molecule has 0 spiro atoms. The van der Waals surface area contributed by atoms with Gasteiger partial charge in [0.25, 0.3) is 5.91 Å². The van der Waals surface area contributed by atoms with Gasteiger partial charge >= 0.3 is 0 Å². The summed E-state index contributed by atoms with van der Waals surface area (Å²) < 4.78 is 10.5. The molecule has 1 aromatic carbocycles. The number of Topliss-reactive ketones (excluding diaryl/α,β-unsaturated/α-hetero) is 1. The van der Waals surface area contributed by atoms with Crippen molar-refractivity contribution in [3.63, 3.8) is 0 Å². The third-order valence-electron chi connectivity index (χ3n) is 8.17. The number of carbonyl (C=O) groups is 4. The van der Waals surface area contributed by atoms with Gasteiger partial charge in [-0.1, -0.05) is 12.5 Å². The van der Waals surface area contributed by atoms with Gasteiger partial charge in [-0.3, -0.25) is 19.2 Å². The van der Waals surface area contributed by atoms with Crippen LogP contribution >= 0.6 is 0 Å². The van der Waals surface area contributed by atoms with Gasteiger partial charge in [-0.15, -0.1) is 0 Å². The summed E-state index contributed by atoms with van der Waals surface area (Å²) in [5.41, 5.74) is 1.18. The maximum atomic E-state index is 13.8. The van der Waals surface area contributed by atoms with Crippen molar-refractivity contribution < 1.29 is 28.7 Å². The minimum absolute atomic E-state index is 0.0378. The van der Waals surface area contributed by atoms with Gasteiger partial charge in [0, 0.05) is 37.0 Å². The second-order valence-electron chi connectivity index (χ2n) is 10.3. The topological polar surface area (TPSA) is 130 Å². The predicted molar refractivity (Wildman–Crippen MR) is 135 cm³/mol. The zero-order valence-corrected chi connectivity index (χ0v) is 21.2. The van der Waals surface area contributed by atoms with Crippen LogP contribution in [-0.2, 0) is 19.1 Å². The highest BCUT2D eigenvalue weighted by molar-refractivity contribution is 6.02. The van der Waals surface area contributed by atoms with Gasteiger partial charge in [-0.05, 0) is 55.7 Å². The molecule has 3 aliphatic rings. The normalized spacial score (nSPS) is 25.7. The van der Waals surface area contributed by atoms with Crippen LogP contribution in [0.4, 0.5) is 0 Å². The molecule has 10 heteroatoms. The van der Waals surface area contributed by atoms with E-state index in [0.29, 0.717) is 31.0 Å². The monoisotopic (exact) mass is 510 g/mol. The lowest BCUT2D eigenvalue weighted by Gasteiger charge is -2.29. The van der Waals surface area contributed by atoms with E-state index in [-0.39, 0.29) is 54.3 Å². The van der Waals surface area contributed by atoms with E-state index in [4.69, 9.17) is 9.47 Å². The van der Waals surface area contributed by atoms with Crippen molar-refractivity contribution in [2.24, 2.45) is 17.8 Å². The second kappa shape index (κ2) is 10.5. The number of amides is 3. The highest BCUT2D eigenvalue weighted by atomic mass is 16.5. The number of nitrogens with one attached hydrogen (secondary N) is 3. The molecule has 3 N–H and O–H groups in total. The summed E-state index contributed by atoms with van der Waals surface area (Å²) >= 11 is 0. The van der Waals surface area contributed by atoms with E-state index < -0.39 is 12.1 Å². The van der Waals surface area contributed by atoms with E-state index in [0.717, 1.165) is 30.2 Å². The Morgan fingerprint density at radius 1 is 1.19 bits per heavy atom. The molecule has 5 atom stereocenters.